The quantitative estimate of drug-likeness (QED) is 0.357. The summed E-state index contributed by atoms with van der Waals surface area (Å²) < 4.78 is 61.5. The van der Waals surface area contributed by atoms with E-state index in [0.29, 0.717) is 0 Å². The Bertz CT molecular complexity index is 645. The zero-order valence-electron chi connectivity index (χ0n) is 13.3. The van der Waals surface area contributed by atoms with Gasteiger partial charge in [0, 0.05) is 32.6 Å². The summed E-state index contributed by atoms with van der Waals surface area (Å²) in [6.45, 7) is -0.0207. The van der Waals surface area contributed by atoms with E-state index in [1.807, 2.05) is 0 Å². The molecular formula is C12H20F3IN4O2S2. The van der Waals surface area contributed by atoms with Crippen molar-refractivity contribution in [3.05, 3.63) is 17.0 Å². The highest BCUT2D eigenvalue weighted by Gasteiger charge is 2.26. The van der Waals surface area contributed by atoms with Crippen LogP contribution in [0.15, 0.2) is 21.3 Å². The molecule has 24 heavy (non-hydrogen) atoms. The van der Waals surface area contributed by atoms with Gasteiger partial charge in [0.15, 0.2) is 5.96 Å². The Hall–Kier alpha value is -0.600. The molecule has 0 aliphatic rings. The van der Waals surface area contributed by atoms with Gasteiger partial charge in [0.2, 0.25) is 0 Å². The van der Waals surface area contributed by atoms with Crippen LogP contribution in [0, 0.1) is 0 Å². The van der Waals surface area contributed by atoms with E-state index in [4.69, 9.17) is 0 Å². The Balaban J connectivity index is 0.00000529. The smallest absolute Gasteiger partial charge is 0.356 e. The van der Waals surface area contributed by atoms with E-state index in [-0.39, 0.29) is 47.2 Å². The van der Waals surface area contributed by atoms with Gasteiger partial charge in [0.1, 0.15) is 4.21 Å². The summed E-state index contributed by atoms with van der Waals surface area (Å²) in [4.78, 5) is 4.54. The van der Waals surface area contributed by atoms with Gasteiger partial charge in [-0.25, -0.2) is 12.7 Å². The number of halogens is 4. The van der Waals surface area contributed by atoms with E-state index in [1.54, 1.807) is 6.07 Å². The van der Waals surface area contributed by atoms with Crippen molar-refractivity contribution in [2.75, 3.05) is 27.7 Å². The summed E-state index contributed by atoms with van der Waals surface area (Å²) in [6, 6.07) is 3.15. The van der Waals surface area contributed by atoms with E-state index in [1.165, 1.54) is 27.2 Å². The topological polar surface area (TPSA) is 73.8 Å². The zero-order chi connectivity index (χ0) is 17.7. The largest absolute Gasteiger partial charge is 0.390 e. The monoisotopic (exact) mass is 500 g/mol. The molecule has 0 radical (unpaired) electrons. The lowest BCUT2D eigenvalue weighted by Crippen LogP contribution is -2.38. The molecule has 0 fully saturated rings. The number of nitrogens with one attached hydrogen (secondary N) is 2. The van der Waals surface area contributed by atoms with Gasteiger partial charge >= 0.3 is 6.18 Å². The third kappa shape index (κ3) is 7.53. The van der Waals surface area contributed by atoms with Crippen molar-refractivity contribution in [2.24, 2.45) is 4.99 Å². The Morgan fingerprint density at radius 3 is 2.42 bits per heavy atom. The predicted octanol–water partition coefficient (Wildman–Crippen LogP) is 2.23. The molecule has 0 spiro atoms. The molecule has 0 unspecified atom stereocenters. The molecule has 12 heteroatoms. The second-order valence-electron chi connectivity index (χ2n) is 4.73. The van der Waals surface area contributed by atoms with Crippen molar-refractivity contribution in [1.82, 2.24) is 14.9 Å². The number of sulfonamides is 1. The van der Waals surface area contributed by atoms with Gasteiger partial charge in [-0.3, -0.25) is 4.99 Å². The van der Waals surface area contributed by atoms with Crippen molar-refractivity contribution in [3.63, 3.8) is 0 Å². The van der Waals surface area contributed by atoms with Gasteiger partial charge in [-0.2, -0.15) is 13.2 Å². The summed E-state index contributed by atoms with van der Waals surface area (Å²) in [7, 11) is 0.854. The van der Waals surface area contributed by atoms with Crippen molar-refractivity contribution in [3.8, 4) is 0 Å². The molecule has 0 amide bonds. The Labute approximate surface area is 160 Å². The highest BCUT2D eigenvalue weighted by atomic mass is 127. The minimum absolute atomic E-state index is 0. The van der Waals surface area contributed by atoms with Crippen molar-refractivity contribution in [1.29, 1.82) is 0 Å². The van der Waals surface area contributed by atoms with Gasteiger partial charge in [0.25, 0.3) is 10.0 Å². The summed E-state index contributed by atoms with van der Waals surface area (Å²) in [6.07, 6.45) is -5.19. The Kier molecular flexibility index (Phi) is 9.53. The molecule has 6 nitrogen and oxygen atoms in total. The van der Waals surface area contributed by atoms with Crippen LogP contribution >= 0.6 is 35.3 Å². The van der Waals surface area contributed by atoms with Crippen LogP contribution in [0.25, 0.3) is 0 Å². The van der Waals surface area contributed by atoms with E-state index in [0.717, 1.165) is 20.5 Å². The first-order valence-electron chi connectivity index (χ1n) is 6.59. The van der Waals surface area contributed by atoms with Crippen LogP contribution in [0.2, 0.25) is 0 Å². The van der Waals surface area contributed by atoms with Gasteiger partial charge in [-0.1, -0.05) is 0 Å². The number of hydrogen-bond acceptors (Lipinski definition) is 4. The Morgan fingerprint density at radius 1 is 1.29 bits per heavy atom. The molecular weight excluding hydrogens is 480 g/mol. The Morgan fingerprint density at radius 2 is 1.92 bits per heavy atom. The lowest BCUT2D eigenvalue weighted by Gasteiger charge is -2.12. The van der Waals surface area contributed by atoms with E-state index < -0.39 is 22.6 Å². The SMILES string of the molecule is CN=C(NCCC(F)(F)F)NCc1ccc(S(=O)(=O)N(C)C)s1.I. The van der Waals surface area contributed by atoms with Crippen LogP contribution in [0.3, 0.4) is 0 Å². The molecule has 1 aromatic rings. The number of thiophene rings is 1. The maximum Gasteiger partial charge on any atom is 0.390 e. The second-order valence-corrected chi connectivity index (χ2v) is 8.27. The third-order valence-corrected chi connectivity index (χ3v) is 6.09. The average Bonchev–Trinajstić information content (AvgIpc) is 2.90. The second kappa shape index (κ2) is 9.77. The number of alkyl halides is 3. The molecule has 1 rings (SSSR count). The maximum absolute atomic E-state index is 12.1. The minimum Gasteiger partial charge on any atom is -0.356 e. The number of rotatable bonds is 6. The fraction of sp³-hybridized carbons (Fsp3) is 0.583. The van der Waals surface area contributed by atoms with Crippen LogP contribution in [0.1, 0.15) is 11.3 Å². The summed E-state index contributed by atoms with van der Waals surface area (Å²) >= 11 is 1.09. The lowest BCUT2D eigenvalue weighted by atomic mass is 10.4. The van der Waals surface area contributed by atoms with Crippen molar-refractivity contribution < 1.29 is 21.6 Å². The van der Waals surface area contributed by atoms with Crippen LogP contribution in [-0.2, 0) is 16.6 Å². The van der Waals surface area contributed by atoms with E-state index in [2.05, 4.69) is 15.6 Å². The molecule has 0 saturated heterocycles. The van der Waals surface area contributed by atoms with Gasteiger partial charge in [-0.05, 0) is 12.1 Å². The number of nitrogens with zero attached hydrogens (tertiary/aromatic N) is 2. The lowest BCUT2D eigenvalue weighted by molar-refractivity contribution is -0.132. The first-order chi connectivity index (χ1) is 10.6. The zero-order valence-corrected chi connectivity index (χ0v) is 17.3. The summed E-state index contributed by atoms with van der Waals surface area (Å²) in [5.41, 5.74) is 0. The number of guanidine groups is 1. The van der Waals surface area contributed by atoms with E-state index in [9.17, 15) is 21.6 Å². The molecule has 0 aliphatic heterocycles. The van der Waals surface area contributed by atoms with Crippen LogP contribution in [-0.4, -0.2) is 52.5 Å². The summed E-state index contributed by atoms with van der Waals surface area (Å²) in [5, 5.41) is 5.39. The molecule has 140 valence electrons. The normalized spacial score (nSPS) is 12.9. The molecule has 0 saturated carbocycles. The molecule has 0 bridgehead atoms. The van der Waals surface area contributed by atoms with Gasteiger partial charge in [0.05, 0.1) is 13.0 Å². The third-order valence-electron chi connectivity index (χ3n) is 2.73. The average molecular weight is 500 g/mol. The van der Waals surface area contributed by atoms with Crippen LogP contribution in [0.4, 0.5) is 13.2 Å². The molecule has 0 aromatic carbocycles. The standard InChI is InChI=1S/C12H19F3N4O2S2.HI/c1-16-11(17-7-6-12(13,14)15)18-8-9-4-5-10(22-9)23(20,21)19(2)3;/h4-5H,6-8H2,1-3H3,(H2,16,17,18);1H. The number of hydrogen-bond donors (Lipinski definition) is 2. The van der Waals surface area contributed by atoms with Crippen LogP contribution < -0.4 is 10.6 Å². The fourth-order valence-electron chi connectivity index (χ4n) is 1.49. The van der Waals surface area contributed by atoms with Crippen molar-refractivity contribution in [2.45, 2.75) is 23.4 Å². The summed E-state index contributed by atoms with van der Waals surface area (Å²) in [5.74, 6) is 0.222. The van der Waals surface area contributed by atoms with Crippen molar-refractivity contribution >= 4 is 51.3 Å². The fourth-order valence-corrected chi connectivity index (χ4v) is 3.95. The van der Waals surface area contributed by atoms with Crippen LogP contribution in [0.5, 0.6) is 0 Å². The number of aliphatic imine (C=N–C) groups is 1. The van der Waals surface area contributed by atoms with E-state index >= 15 is 0 Å². The molecule has 1 aromatic heterocycles. The predicted molar refractivity (Wildman–Crippen MR) is 99.5 cm³/mol. The van der Waals surface area contributed by atoms with Gasteiger partial charge in [-0.15, -0.1) is 35.3 Å². The first kappa shape index (κ1) is 23.4. The first-order valence-corrected chi connectivity index (χ1v) is 8.84. The highest BCUT2D eigenvalue weighted by Crippen LogP contribution is 2.23. The molecule has 0 atom stereocenters. The highest BCUT2D eigenvalue weighted by molar-refractivity contribution is 14.0. The maximum atomic E-state index is 12.1. The molecule has 0 aliphatic carbocycles. The molecule has 1 heterocycles. The molecule has 2 N–H and O–H groups in total. The minimum atomic E-state index is -4.23. The van der Waals surface area contributed by atoms with Gasteiger partial charge < -0.3 is 10.6 Å².